The predicted molar refractivity (Wildman–Crippen MR) is 89.8 cm³/mol. The number of halogens is 1. The number of benzene rings is 1. The maximum atomic E-state index is 6.20. The number of nitrogens with zero attached hydrogens (tertiary/aromatic N) is 4. The Morgan fingerprint density at radius 2 is 2.14 bits per heavy atom. The van der Waals surface area contributed by atoms with Crippen LogP contribution in [0, 0.1) is 6.92 Å². The van der Waals surface area contributed by atoms with Crippen molar-refractivity contribution in [2.24, 2.45) is 4.99 Å². The molecule has 1 aliphatic heterocycles. The second-order valence-corrected chi connectivity index (χ2v) is 5.32. The summed E-state index contributed by atoms with van der Waals surface area (Å²) < 4.78 is 2.01. The molecule has 0 aliphatic carbocycles. The van der Waals surface area contributed by atoms with Gasteiger partial charge in [0.25, 0.3) is 0 Å². The van der Waals surface area contributed by atoms with E-state index in [2.05, 4.69) is 23.4 Å². The van der Waals surface area contributed by atoms with E-state index in [-0.39, 0.29) is 0 Å². The molecule has 0 bridgehead atoms. The lowest BCUT2D eigenvalue weighted by Gasteiger charge is -2.13. The molecule has 1 aromatic carbocycles. The summed E-state index contributed by atoms with van der Waals surface area (Å²) >= 11 is 6.20. The standard InChI is InChI=1S/C17H15ClN4/c1-4-6-12(5-2)17-14-9-13(18)7-8-15(14)22-11(3)20-21-16(22)10-19-17/h4-9H,1-2,10H2,3H3/b12-6+. The van der Waals surface area contributed by atoms with Crippen LogP contribution in [0.15, 0.2) is 60.2 Å². The van der Waals surface area contributed by atoms with E-state index in [4.69, 9.17) is 16.6 Å². The quantitative estimate of drug-likeness (QED) is 0.809. The third-order valence-corrected chi connectivity index (χ3v) is 3.75. The van der Waals surface area contributed by atoms with Crippen molar-refractivity contribution in [3.63, 3.8) is 0 Å². The zero-order valence-electron chi connectivity index (χ0n) is 12.3. The molecule has 0 N–H and O–H groups in total. The fourth-order valence-electron chi connectivity index (χ4n) is 2.57. The van der Waals surface area contributed by atoms with Crippen LogP contribution in [0.5, 0.6) is 0 Å². The lowest BCUT2D eigenvalue weighted by atomic mass is 10.00. The van der Waals surface area contributed by atoms with E-state index >= 15 is 0 Å². The fourth-order valence-corrected chi connectivity index (χ4v) is 2.74. The highest BCUT2D eigenvalue weighted by Gasteiger charge is 2.21. The van der Waals surface area contributed by atoms with Crippen LogP contribution in [0.3, 0.4) is 0 Å². The van der Waals surface area contributed by atoms with Crippen LogP contribution in [-0.4, -0.2) is 20.5 Å². The van der Waals surface area contributed by atoms with Crippen molar-refractivity contribution in [1.82, 2.24) is 14.8 Å². The summed E-state index contributed by atoms with van der Waals surface area (Å²) in [7, 11) is 0. The van der Waals surface area contributed by atoms with Crippen LogP contribution >= 0.6 is 11.6 Å². The van der Waals surface area contributed by atoms with Gasteiger partial charge in [-0.05, 0) is 30.7 Å². The van der Waals surface area contributed by atoms with Crippen LogP contribution < -0.4 is 0 Å². The van der Waals surface area contributed by atoms with Crippen molar-refractivity contribution in [2.75, 3.05) is 0 Å². The highest BCUT2D eigenvalue weighted by Crippen LogP contribution is 2.28. The Morgan fingerprint density at radius 1 is 1.32 bits per heavy atom. The van der Waals surface area contributed by atoms with E-state index in [0.29, 0.717) is 11.6 Å². The topological polar surface area (TPSA) is 43.1 Å². The molecule has 0 saturated carbocycles. The number of hydrogen-bond donors (Lipinski definition) is 0. The molecule has 3 rings (SSSR count). The summed E-state index contributed by atoms with van der Waals surface area (Å²) in [5, 5.41) is 9.01. The van der Waals surface area contributed by atoms with Crippen LogP contribution in [0.4, 0.5) is 0 Å². The summed E-state index contributed by atoms with van der Waals surface area (Å²) in [6.07, 6.45) is 5.38. The molecule has 2 heterocycles. The van der Waals surface area contributed by atoms with Crippen molar-refractivity contribution in [2.45, 2.75) is 13.5 Å². The molecule has 0 spiro atoms. The Bertz CT molecular complexity index is 827. The maximum absolute atomic E-state index is 6.20. The lowest BCUT2D eigenvalue weighted by Crippen LogP contribution is -2.08. The van der Waals surface area contributed by atoms with Crippen molar-refractivity contribution < 1.29 is 0 Å². The van der Waals surface area contributed by atoms with Gasteiger partial charge in [-0.2, -0.15) is 0 Å². The summed E-state index contributed by atoms with van der Waals surface area (Å²) in [5.41, 5.74) is 3.63. The Hall–Kier alpha value is -2.46. The molecule has 1 aliphatic rings. The summed E-state index contributed by atoms with van der Waals surface area (Å²) in [6, 6.07) is 5.73. The molecular weight excluding hydrogens is 296 g/mol. The molecule has 0 amide bonds. The number of aliphatic imine (C=N–C) groups is 1. The largest absolute Gasteiger partial charge is 0.281 e. The first-order valence-electron chi connectivity index (χ1n) is 6.87. The average molecular weight is 311 g/mol. The highest BCUT2D eigenvalue weighted by molar-refractivity contribution is 6.31. The Kier molecular flexibility index (Phi) is 3.77. The predicted octanol–water partition coefficient (Wildman–Crippen LogP) is 3.83. The van der Waals surface area contributed by atoms with Gasteiger partial charge in [0.1, 0.15) is 12.4 Å². The van der Waals surface area contributed by atoms with Gasteiger partial charge >= 0.3 is 0 Å². The van der Waals surface area contributed by atoms with Crippen molar-refractivity contribution in [3.8, 4) is 5.69 Å². The Morgan fingerprint density at radius 3 is 2.86 bits per heavy atom. The van der Waals surface area contributed by atoms with Crippen LogP contribution in [0.2, 0.25) is 5.02 Å². The van der Waals surface area contributed by atoms with E-state index in [0.717, 1.165) is 34.2 Å². The number of hydrogen-bond acceptors (Lipinski definition) is 3. The van der Waals surface area contributed by atoms with Crippen molar-refractivity contribution in [1.29, 1.82) is 0 Å². The molecule has 1 aromatic heterocycles. The number of rotatable bonds is 3. The van der Waals surface area contributed by atoms with E-state index in [1.165, 1.54) is 0 Å². The molecule has 2 aromatic rings. The molecule has 5 heteroatoms. The summed E-state index contributed by atoms with van der Waals surface area (Å²) in [6.45, 7) is 10.00. The minimum Gasteiger partial charge on any atom is -0.281 e. The smallest absolute Gasteiger partial charge is 0.159 e. The number of allylic oxidation sites excluding steroid dienone is 4. The lowest BCUT2D eigenvalue weighted by molar-refractivity contribution is 0.862. The van der Waals surface area contributed by atoms with E-state index < -0.39 is 0 Å². The molecule has 0 atom stereocenters. The third kappa shape index (κ3) is 2.31. The highest BCUT2D eigenvalue weighted by atomic mass is 35.5. The normalized spacial score (nSPS) is 13.7. The minimum atomic E-state index is 0.449. The third-order valence-electron chi connectivity index (χ3n) is 3.52. The van der Waals surface area contributed by atoms with Gasteiger partial charge in [0, 0.05) is 10.6 Å². The molecule has 0 fully saturated rings. The zero-order chi connectivity index (χ0) is 15.7. The van der Waals surface area contributed by atoms with Gasteiger partial charge in [-0.3, -0.25) is 9.56 Å². The summed E-state index contributed by atoms with van der Waals surface area (Å²) in [5.74, 6) is 1.63. The van der Waals surface area contributed by atoms with Gasteiger partial charge in [-0.15, -0.1) is 10.2 Å². The zero-order valence-corrected chi connectivity index (χ0v) is 13.0. The second kappa shape index (κ2) is 5.73. The van der Waals surface area contributed by atoms with Crippen LogP contribution in [0.1, 0.15) is 17.2 Å². The Labute approximate surface area is 134 Å². The van der Waals surface area contributed by atoms with Crippen LogP contribution in [0.25, 0.3) is 5.69 Å². The van der Waals surface area contributed by atoms with E-state index in [1.54, 1.807) is 12.2 Å². The molecule has 0 radical (unpaired) electrons. The average Bonchev–Trinajstić information content (AvgIpc) is 2.79. The second-order valence-electron chi connectivity index (χ2n) is 4.89. The Balaban J connectivity index is 2.31. The molecular formula is C17H15ClN4. The number of fused-ring (bicyclic) bond motifs is 3. The van der Waals surface area contributed by atoms with E-state index in [9.17, 15) is 0 Å². The van der Waals surface area contributed by atoms with E-state index in [1.807, 2.05) is 35.8 Å². The molecule has 0 unspecified atom stereocenters. The van der Waals surface area contributed by atoms with Gasteiger partial charge in [0.15, 0.2) is 5.82 Å². The summed E-state index contributed by atoms with van der Waals surface area (Å²) in [4.78, 5) is 4.70. The van der Waals surface area contributed by atoms with Gasteiger partial charge < -0.3 is 0 Å². The van der Waals surface area contributed by atoms with Gasteiger partial charge in [0.2, 0.25) is 0 Å². The maximum Gasteiger partial charge on any atom is 0.159 e. The van der Waals surface area contributed by atoms with Gasteiger partial charge in [-0.1, -0.05) is 43.0 Å². The van der Waals surface area contributed by atoms with Crippen molar-refractivity contribution >= 4 is 17.3 Å². The number of aromatic nitrogens is 3. The fraction of sp³-hybridized carbons (Fsp3) is 0.118. The van der Waals surface area contributed by atoms with Crippen molar-refractivity contribution in [3.05, 3.63) is 77.4 Å². The molecule has 4 nitrogen and oxygen atoms in total. The monoisotopic (exact) mass is 310 g/mol. The molecule has 22 heavy (non-hydrogen) atoms. The van der Waals surface area contributed by atoms with Gasteiger partial charge in [-0.25, -0.2) is 0 Å². The minimum absolute atomic E-state index is 0.449. The van der Waals surface area contributed by atoms with Crippen LogP contribution in [-0.2, 0) is 6.54 Å². The molecule has 0 saturated heterocycles. The first kappa shape index (κ1) is 14.5. The first-order valence-corrected chi connectivity index (χ1v) is 7.24. The first-order chi connectivity index (χ1) is 10.7. The van der Waals surface area contributed by atoms with Gasteiger partial charge in [0.05, 0.1) is 11.4 Å². The molecule has 110 valence electrons. The SMILES string of the molecule is C=C/C=C(\C=C)C1=NCc2nnc(C)n2-c2ccc(Cl)cc21. The number of aryl methyl sites for hydroxylation is 1.